The maximum atomic E-state index is 11.6. The summed E-state index contributed by atoms with van der Waals surface area (Å²) in [5.41, 5.74) is 0.808. The van der Waals surface area contributed by atoms with Crippen molar-refractivity contribution < 1.29 is 0 Å². The molecule has 4 heteroatoms. The van der Waals surface area contributed by atoms with Crippen LogP contribution in [0.3, 0.4) is 0 Å². The molecular formula is C11H7Br2NO. The van der Waals surface area contributed by atoms with Crippen LogP contribution in [-0.4, -0.2) is 4.57 Å². The van der Waals surface area contributed by atoms with Gasteiger partial charge in [-0.15, -0.1) is 0 Å². The molecule has 2 rings (SSSR count). The van der Waals surface area contributed by atoms with Crippen LogP contribution in [-0.2, 0) is 0 Å². The normalized spacial score (nSPS) is 10.3. The lowest BCUT2D eigenvalue weighted by Gasteiger charge is -2.04. The van der Waals surface area contributed by atoms with Crippen molar-refractivity contribution in [2.75, 3.05) is 0 Å². The van der Waals surface area contributed by atoms with Crippen LogP contribution in [0.25, 0.3) is 5.69 Å². The Hall–Kier alpha value is -0.870. The quantitative estimate of drug-likeness (QED) is 0.786. The highest BCUT2D eigenvalue weighted by Gasteiger charge is 1.99. The van der Waals surface area contributed by atoms with Crippen LogP contribution < -0.4 is 5.56 Å². The van der Waals surface area contributed by atoms with E-state index < -0.39 is 0 Å². The molecule has 1 heterocycles. The lowest BCUT2D eigenvalue weighted by molar-refractivity contribution is 0.986. The molecule has 0 saturated carbocycles. The van der Waals surface area contributed by atoms with E-state index >= 15 is 0 Å². The molecule has 0 fully saturated rings. The second-order valence-corrected chi connectivity index (χ2v) is 4.86. The number of aromatic nitrogens is 1. The number of hydrogen-bond acceptors (Lipinski definition) is 1. The van der Waals surface area contributed by atoms with Crippen LogP contribution in [0.1, 0.15) is 0 Å². The Morgan fingerprint density at radius 3 is 2.20 bits per heavy atom. The fourth-order valence-electron chi connectivity index (χ4n) is 1.27. The van der Waals surface area contributed by atoms with Gasteiger partial charge in [0.25, 0.3) is 5.56 Å². The highest BCUT2D eigenvalue weighted by Crippen LogP contribution is 2.13. The molecular weight excluding hydrogens is 322 g/mol. The number of halogens is 2. The first-order valence-electron chi connectivity index (χ1n) is 4.31. The van der Waals surface area contributed by atoms with Gasteiger partial charge >= 0.3 is 0 Å². The zero-order valence-electron chi connectivity index (χ0n) is 7.65. The van der Waals surface area contributed by atoms with Gasteiger partial charge in [0, 0.05) is 26.9 Å². The largest absolute Gasteiger partial charge is 0.284 e. The summed E-state index contributed by atoms with van der Waals surface area (Å²) >= 11 is 6.61. The van der Waals surface area contributed by atoms with Gasteiger partial charge in [-0.25, -0.2) is 0 Å². The van der Waals surface area contributed by atoms with Gasteiger partial charge in [-0.1, -0.05) is 31.9 Å². The van der Waals surface area contributed by atoms with E-state index in [1.54, 1.807) is 16.8 Å². The Labute approximate surface area is 104 Å². The standard InChI is InChI=1S/C11H7Br2NO/c12-8-1-3-10(4-2-8)14-6-5-9(13)7-11(14)15/h1-7H. The third kappa shape index (κ3) is 2.38. The van der Waals surface area contributed by atoms with Crippen molar-refractivity contribution >= 4 is 31.9 Å². The summed E-state index contributed by atoms with van der Waals surface area (Å²) < 4.78 is 3.38. The molecule has 0 unspecified atom stereocenters. The predicted octanol–water partition coefficient (Wildman–Crippen LogP) is 3.36. The predicted molar refractivity (Wildman–Crippen MR) is 67.4 cm³/mol. The molecule has 2 nitrogen and oxygen atoms in total. The van der Waals surface area contributed by atoms with Crippen molar-refractivity contribution in [3.05, 3.63) is 61.9 Å². The SMILES string of the molecule is O=c1cc(Br)ccn1-c1ccc(Br)cc1. The van der Waals surface area contributed by atoms with Crippen LogP contribution >= 0.6 is 31.9 Å². The average Bonchev–Trinajstić information content (AvgIpc) is 2.20. The van der Waals surface area contributed by atoms with Crippen molar-refractivity contribution in [3.63, 3.8) is 0 Å². The minimum Gasteiger partial charge on any atom is -0.284 e. The van der Waals surface area contributed by atoms with Crippen molar-refractivity contribution in [1.29, 1.82) is 0 Å². The minimum absolute atomic E-state index is 0.0494. The van der Waals surface area contributed by atoms with Crippen LogP contribution in [0.5, 0.6) is 0 Å². The molecule has 0 bridgehead atoms. The molecule has 15 heavy (non-hydrogen) atoms. The third-order valence-corrected chi connectivity index (χ3v) is 3.01. The van der Waals surface area contributed by atoms with E-state index in [0.717, 1.165) is 14.6 Å². The molecule has 0 amide bonds. The first kappa shape index (κ1) is 10.6. The van der Waals surface area contributed by atoms with E-state index in [9.17, 15) is 4.79 Å². The fourth-order valence-corrected chi connectivity index (χ4v) is 1.85. The Morgan fingerprint density at radius 2 is 1.60 bits per heavy atom. The van der Waals surface area contributed by atoms with E-state index in [0.29, 0.717) is 0 Å². The number of hydrogen-bond donors (Lipinski definition) is 0. The van der Waals surface area contributed by atoms with E-state index in [1.165, 1.54) is 0 Å². The second kappa shape index (κ2) is 4.33. The maximum Gasteiger partial charge on any atom is 0.256 e. The van der Waals surface area contributed by atoms with Crippen molar-refractivity contribution in [2.24, 2.45) is 0 Å². The van der Waals surface area contributed by atoms with Gasteiger partial charge in [0.1, 0.15) is 0 Å². The highest BCUT2D eigenvalue weighted by molar-refractivity contribution is 9.10. The first-order valence-corrected chi connectivity index (χ1v) is 5.89. The summed E-state index contributed by atoms with van der Waals surface area (Å²) in [5.74, 6) is 0. The monoisotopic (exact) mass is 327 g/mol. The first-order chi connectivity index (χ1) is 7.16. The van der Waals surface area contributed by atoms with Crippen molar-refractivity contribution in [1.82, 2.24) is 4.57 Å². The summed E-state index contributed by atoms with van der Waals surface area (Å²) in [7, 11) is 0. The lowest BCUT2D eigenvalue weighted by atomic mass is 10.3. The molecule has 0 aliphatic heterocycles. The molecule has 0 saturated heterocycles. The van der Waals surface area contributed by atoms with E-state index in [1.807, 2.05) is 30.3 Å². The smallest absolute Gasteiger partial charge is 0.256 e. The Bertz CT molecular complexity index is 531. The molecule has 1 aromatic heterocycles. The zero-order chi connectivity index (χ0) is 10.8. The third-order valence-electron chi connectivity index (χ3n) is 1.99. The van der Waals surface area contributed by atoms with Gasteiger partial charge in [-0.05, 0) is 30.3 Å². The Morgan fingerprint density at radius 1 is 0.933 bits per heavy atom. The maximum absolute atomic E-state index is 11.6. The summed E-state index contributed by atoms with van der Waals surface area (Å²) in [6, 6.07) is 11.0. The molecule has 0 atom stereocenters. The summed E-state index contributed by atoms with van der Waals surface area (Å²) in [5, 5.41) is 0. The van der Waals surface area contributed by atoms with Gasteiger partial charge < -0.3 is 0 Å². The molecule has 0 aliphatic carbocycles. The Balaban J connectivity index is 2.55. The number of nitrogens with zero attached hydrogens (tertiary/aromatic N) is 1. The molecule has 0 aliphatic rings. The second-order valence-electron chi connectivity index (χ2n) is 3.03. The number of pyridine rings is 1. The van der Waals surface area contributed by atoms with Gasteiger partial charge in [0.05, 0.1) is 0 Å². The van der Waals surface area contributed by atoms with Gasteiger partial charge in [-0.2, -0.15) is 0 Å². The molecule has 0 spiro atoms. The summed E-state index contributed by atoms with van der Waals surface area (Å²) in [4.78, 5) is 11.6. The van der Waals surface area contributed by atoms with E-state index in [-0.39, 0.29) is 5.56 Å². The van der Waals surface area contributed by atoms with Crippen LogP contribution in [0.2, 0.25) is 0 Å². The Kier molecular flexibility index (Phi) is 3.07. The van der Waals surface area contributed by atoms with Crippen LogP contribution in [0.4, 0.5) is 0 Å². The molecule has 1 aromatic carbocycles. The van der Waals surface area contributed by atoms with Crippen LogP contribution in [0.15, 0.2) is 56.3 Å². The fraction of sp³-hybridized carbons (Fsp3) is 0. The number of benzene rings is 1. The molecule has 0 N–H and O–H groups in total. The van der Waals surface area contributed by atoms with Crippen molar-refractivity contribution in [2.45, 2.75) is 0 Å². The van der Waals surface area contributed by atoms with Gasteiger partial charge in [0.2, 0.25) is 0 Å². The topological polar surface area (TPSA) is 22.0 Å². The minimum atomic E-state index is -0.0494. The molecule has 2 aromatic rings. The summed E-state index contributed by atoms with van der Waals surface area (Å²) in [6.45, 7) is 0. The van der Waals surface area contributed by atoms with Crippen molar-refractivity contribution in [3.8, 4) is 5.69 Å². The van der Waals surface area contributed by atoms with E-state index in [4.69, 9.17) is 0 Å². The summed E-state index contributed by atoms with van der Waals surface area (Å²) in [6.07, 6.45) is 1.75. The van der Waals surface area contributed by atoms with Crippen LogP contribution in [0, 0.1) is 0 Å². The lowest BCUT2D eigenvalue weighted by Crippen LogP contribution is -2.15. The average molecular weight is 329 g/mol. The number of rotatable bonds is 1. The van der Waals surface area contributed by atoms with Gasteiger partial charge in [0.15, 0.2) is 0 Å². The highest BCUT2D eigenvalue weighted by atomic mass is 79.9. The van der Waals surface area contributed by atoms with E-state index in [2.05, 4.69) is 31.9 Å². The molecule has 76 valence electrons. The zero-order valence-corrected chi connectivity index (χ0v) is 10.8. The molecule has 0 radical (unpaired) electrons. The van der Waals surface area contributed by atoms with Gasteiger partial charge in [-0.3, -0.25) is 9.36 Å².